The zero-order chi connectivity index (χ0) is 17.7. The third kappa shape index (κ3) is 4.79. The number of carbonyl (C=O) groups excluding carboxylic acids is 1. The maximum absolute atomic E-state index is 12.4. The van der Waals surface area contributed by atoms with E-state index in [1.807, 2.05) is 18.7 Å². The molecule has 2 fully saturated rings. The van der Waals surface area contributed by atoms with Gasteiger partial charge in [0.05, 0.1) is 32.6 Å². The van der Waals surface area contributed by atoms with Gasteiger partial charge in [-0.2, -0.15) is 0 Å². The zero-order valence-electron chi connectivity index (χ0n) is 14.9. The van der Waals surface area contributed by atoms with Crippen molar-refractivity contribution < 1.29 is 14.3 Å². The quantitative estimate of drug-likeness (QED) is 0.847. The number of hydrogen-bond donors (Lipinski definition) is 2. The van der Waals surface area contributed by atoms with Crippen LogP contribution in [0.15, 0.2) is 18.6 Å². The summed E-state index contributed by atoms with van der Waals surface area (Å²) in [6.07, 6.45) is 5.88. The SMILES string of the molecule is CC(C)NC(=O)N1CCOCC2(CC(CNc3cnccn3)CO2)C1. The number of amides is 2. The van der Waals surface area contributed by atoms with Gasteiger partial charge in [-0.1, -0.05) is 0 Å². The van der Waals surface area contributed by atoms with Crippen LogP contribution in [-0.2, 0) is 9.47 Å². The van der Waals surface area contributed by atoms with E-state index in [1.54, 1.807) is 18.6 Å². The Morgan fingerprint density at radius 3 is 3.12 bits per heavy atom. The second-order valence-corrected chi connectivity index (χ2v) is 7.11. The summed E-state index contributed by atoms with van der Waals surface area (Å²) < 4.78 is 11.9. The lowest BCUT2D eigenvalue weighted by atomic mass is 9.94. The summed E-state index contributed by atoms with van der Waals surface area (Å²) in [5.74, 6) is 1.11. The maximum atomic E-state index is 12.4. The third-order valence-electron chi connectivity index (χ3n) is 4.47. The molecule has 25 heavy (non-hydrogen) atoms. The topological polar surface area (TPSA) is 88.6 Å². The van der Waals surface area contributed by atoms with Crippen molar-refractivity contribution in [3.63, 3.8) is 0 Å². The highest BCUT2D eigenvalue weighted by molar-refractivity contribution is 5.74. The summed E-state index contributed by atoms with van der Waals surface area (Å²) in [5.41, 5.74) is -0.417. The zero-order valence-corrected chi connectivity index (χ0v) is 14.9. The van der Waals surface area contributed by atoms with Crippen molar-refractivity contribution in [3.8, 4) is 0 Å². The van der Waals surface area contributed by atoms with E-state index in [-0.39, 0.29) is 12.1 Å². The monoisotopic (exact) mass is 349 g/mol. The van der Waals surface area contributed by atoms with Crippen LogP contribution in [0.4, 0.5) is 10.6 Å². The van der Waals surface area contributed by atoms with Gasteiger partial charge in [0.25, 0.3) is 0 Å². The molecule has 1 aromatic heterocycles. The van der Waals surface area contributed by atoms with Crippen molar-refractivity contribution in [1.82, 2.24) is 20.2 Å². The minimum Gasteiger partial charge on any atom is -0.377 e. The molecule has 3 heterocycles. The van der Waals surface area contributed by atoms with E-state index in [4.69, 9.17) is 9.47 Å². The van der Waals surface area contributed by atoms with Crippen LogP contribution in [0.2, 0.25) is 0 Å². The Labute approximate surface area is 148 Å². The predicted molar refractivity (Wildman–Crippen MR) is 93.4 cm³/mol. The molecule has 2 saturated heterocycles. The standard InChI is InChI=1S/C17H27N5O3/c1-13(2)21-16(23)22-5-6-24-12-17(11-22)7-14(10-25-17)8-20-15-9-18-3-4-19-15/h3-4,9,13-14H,5-8,10-12H2,1-2H3,(H,19,20)(H,21,23). The summed E-state index contributed by atoms with van der Waals surface area (Å²) in [6, 6.07) is 0.0608. The van der Waals surface area contributed by atoms with Crippen LogP contribution in [0.5, 0.6) is 0 Å². The first-order valence-electron chi connectivity index (χ1n) is 8.83. The number of rotatable bonds is 4. The lowest BCUT2D eigenvalue weighted by molar-refractivity contribution is -0.0530. The highest BCUT2D eigenvalue weighted by Gasteiger charge is 2.44. The fraction of sp³-hybridized carbons (Fsp3) is 0.706. The summed E-state index contributed by atoms with van der Waals surface area (Å²) in [6.45, 7) is 7.55. The van der Waals surface area contributed by atoms with Crippen molar-refractivity contribution in [2.75, 3.05) is 44.8 Å². The first-order chi connectivity index (χ1) is 12.1. The van der Waals surface area contributed by atoms with Crippen LogP contribution in [0, 0.1) is 5.92 Å². The number of aromatic nitrogens is 2. The Morgan fingerprint density at radius 2 is 2.36 bits per heavy atom. The summed E-state index contributed by atoms with van der Waals surface area (Å²) in [7, 11) is 0. The van der Waals surface area contributed by atoms with E-state index in [0.29, 0.717) is 38.8 Å². The second kappa shape index (κ2) is 7.97. The van der Waals surface area contributed by atoms with E-state index in [1.165, 1.54) is 0 Å². The Bertz CT molecular complexity index is 571. The van der Waals surface area contributed by atoms with E-state index < -0.39 is 5.60 Å². The highest BCUT2D eigenvalue weighted by atomic mass is 16.5. The van der Waals surface area contributed by atoms with E-state index in [9.17, 15) is 4.79 Å². The molecule has 2 atom stereocenters. The minimum atomic E-state index is -0.417. The lowest BCUT2D eigenvalue weighted by Gasteiger charge is -2.31. The maximum Gasteiger partial charge on any atom is 0.317 e. The Balaban J connectivity index is 1.56. The molecule has 0 aromatic carbocycles. The average Bonchev–Trinajstić information content (AvgIpc) is 2.86. The van der Waals surface area contributed by atoms with Gasteiger partial charge in [-0.25, -0.2) is 9.78 Å². The fourth-order valence-electron chi connectivity index (χ4n) is 3.34. The molecule has 2 aliphatic heterocycles. The Morgan fingerprint density at radius 1 is 1.48 bits per heavy atom. The van der Waals surface area contributed by atoms with Crippen LogP contribution in [0.1, 0.15) is 20.3 Å². The molecule has 2 unspecified atom stereocenters. The van der Waals surface area contributed by atoms with Gasteiger partial charge >= 0.3 is 6.03 Å². The van der Waals surface area contributed by atoms with Crippen LogP contribution < -0.4 is 10.6 Å². The van der Waals surface area contributed by atoms with E-state index in [0.717, 1.165) is 18.8 Å². The van der Waals surface area contributed by atoms with Crippen LogP contribution in [-0.4, -0.2) is 72.0 Å². The number of hydrogen-bond acceptors (Lipinski definition) is 6. The number of carbonyl (C=O) groups is 1. The summed E-state index contributed by atoms with van der Waals surface area (Å²) in [4.78, 5) is 22.5. The van der Waals surface area contributed by atoms with Gasteiger partial charge in [0.1, 0.15) is 11.4 Å². The average molecular weight is 349 g/mol. The fourth-order valence-corrected chi connectivity index (χ4v) is 3.34. The van der Waals surface area contributed by atoms with Crippen molar-refractivity contribution in [1.29, 1.82) is 0 Å². The second-order valence-electron chi connectivity index (χ2n) is 7.11. The van der Waals surface area contributed by atoms with E-state index >= 15 is 0 Å². The molecule has 0 saturated carbocycles. The Kier molecular flexibility index (Phi) is 5.70. The molecule has 8 nitrogen and oxygen atoms in total. The molecule has 1 aromatic rings. The van der Waals surface area contributed by atoms with Gasteiger partial charge in [-0.3, -0.25) is 4.98 Å². The molecule has 0 aliphatic carbocycles. The highest BCUT2D eigenvalue weighted by Crippen LogP contribution is 2.33. The number of nitrogens with one attached hydrogen (secondary N) is 2. The molecule has 1 spiro atoms. The molecule has 0 bridgehead atoms. The van der Waals surface area contributed by atoms with Crippen LogP contribution in [0.25, 0.3) is 0 Å². The molecule has 8 heteroatoms. The largest absolute Gasteiger partial charge is 0.377 e. The predicted octanol–water partition coefficient (Wildman–Crippen LogP) is 1.11. The van der Waals surface area contributed by atoms with Gasteiger partial charge in [0.2, 0.25) is 0 Å². The van der Waals surface area contributed by atoms with Crippen molar-refractivity contribution >= 4 is 11.8 Å². The normalized spacial score (nSPS) is 26.7. The van der Waals surface area contributed by atoms with Crippen molar-refractivity contribution in [3.05, 3.63) is 18.6 Å². The van der Waals surface area contributed by atoms with E-state index in [2.05, 4.69) is 20.6 Å². The number of urea groups is 1. The molecule has 2 amide bonds. The van der Waals surface area contributed by atoms with Crippen molar-refractivity contribution in [2.24, 2.45) is 5.92 Å². The molecular weight excluding hydrogens is 322 g/mol. The molecule has 138 valence electrons. The molecular formula is C17H27N5O3. The van der Waals surface area contributed by atoms with Gasteiger partial charge < -0.3 is 25.0 Å². The van der Waals surface area contributed by atoms with Gasteiger partial charge in [-0.15, -0.1) is 0 Å². The van der Waals surface area contributed by atoms with Gasteiger partial charge in [-0.05, 0) is 20.3 Å². The summed E-state index contributed by atoms with van der Waals surface area (Å²) >= 11 is 0. The first-order valence-corrected chi connectivity index (χ1v) is 8.83. The molecule has 0 radical (unpaired) electrons. The van der Waals surface area contributed by atoms with Crippen molar-refractivity contribution in [2.45, 2.75) is 31.9 Å². The summed E-state index contributed by atoms with van der Waals surface area (Å²) in [5, 5.41) is 6.25. The Hall–Kier alpha value is -1.93. The smallest absolute Gasteiger partial charge is 0.317 e. The number of ether oxygens (including phenoxy) is 2. The molecule has 2 aliphatic rings. The first kappa shape index (κ1) is 17.9. The van der Waals surface area contributed by atoms with Gasteiger partial charge in [0, 0.05) is 37.4 Å². The number of nitrogens with zero attached hydrogens (tertiary/aromatic N) is 3. The van der Waals surface area contributed by atoms with Crippen LogP contribution in [0.3, 0.4) is 0 Å². The van der Waals surface area contributed by atoms with Crippen LogP contribution >= 0.6 is 0 Å². The molecule has 2 N–H and O–H groups in total. The third-order valence-corrected chi connectivity index (χ3v) is 4.47. The minimum absolute atomic E-state index is 0.0513. The number of anilines is 1. The lowest BCUT2D eigenvalue weighted by Crippen LogP contribution is -2.50. The molecule has 3 rings (SSSR count). The van der Waals surface area contributed by atoms with Gasteiger partial charge in [0.15, 0.2) is 0 Å².